The van der Waals surface area contributed by atoms with Crippen LogP contribution in [0.3, 0.4) is 0 Å². The normalized spacial score (nSPS) is 22.3. The molecule has 0 saturated heterocycles. The Morgan fingerprint density at radius 2 is 1.89 bits per heavy atom. The molecule has 2 heterocycles. The topological polar surface area (TPSA) is 102 Å². The predicted molar refractivity (Wildman–Crippen MR) is 106 cm³/mol. The summed E-state index contributed by atoms with van der Waals surface area (Å²) in [6, 6.07) is 8.24. The number of hydrogen-bond acceptors (Lipinski definition) is 6. The molecular formula is C21H26N4O3. The van der Waals surface area contributed by atoms with Gasteiger partial charge in [-0.25, -0.2) is 9.97 Å². The van der Waals surface area contributed by atoms with Crippen LogP contribution in [-0.4, -0.2) is 40.7 Å². The minimum absolute atomic E-state index is 0.137. The van der Waals surface area contributed by atoms with Gasteiger partial charge in [-0.15, -0.1) is 0 Å². The lowest BCUT2D eigenvalue weighted by Crippen LogP contribution is -2.32. The first-order valence-corrected chi connectivity index (χ1v) is 9.93. The summed E-state index contributed by atoms with van der Waals surface area (Å²) in [5.74, 6) is 1.36. The van der Waals surface area contributed by atoms with Crippen LogP contribution in [0.1, 0.15) is 53.9 Å². The number of hydrogen-bond donors (Lipinski definition) is 2. The number of amides is 1. The fourth-order valence-electron chi connectivity index (χ4n) is 4.30. The highest BCUT2D eigenvalue weighted by Crippen LogP contribution is 2.37. The fourth-order valence-corrected chi connectivity index (χ4v) is 4.30. The van der Waals surface area contributed by atoms with Gasteiger partial charge >= 0.3 is 0 Å². The Balaban J connectivity index is 1.50. The zero-order valence-electron chi connectivity index (χ0n) is 15.9. The van der Waals surface area contributed by atoms with E-state index in [0.29, 0.717) is 25.0 Å². The van der Waals surface area contributed by atoms with Gasteiger partial charge in [-0.3, -0.25) is 4.79 Å². The molecule has 1 saturated carbocycles. The molecule has 2 aliphatic rings. The van der Waals surface area contributed by atoms with E-state index >= 15 is 0 Å². The molecule has 0 radical (unpaired) electrons. The average molecular weight is 382 g/mol. The molecule has 1 fully saturated rings. The molecule has 2 aromatic rings. The second-order valence-electron chi connectivity index (χ2n) is 7.57. The van der Waals surface area contributed by atoms with Crippen molar-refractivity contribution in [1.29, 1.82) is 0 Å². The van der Waals surface area contributed by atoms with Gasteiger partial charge in [-0.2, -0.15) is 0 Å². The number of nitrogen functional groups attached to an aromatic ring is 1. The number of rotatable bonds is 4. The Kier molecular flexibility index (Phi) is 5.43. The minimum atomic E-state index is -0.233. The second kappa shape index (κ2) is 8.14. The first kappa shape index (κ1) is 18.7. The highest BCUT2D eigenvalue weighted by molar-refractivity contribution is 6.10. The molecule has 1 aliphatic carbocycles. The molecule has 1 aromatic carbocycles. The molecule has 4 rings (SSSR count). The van der Waals surface area contributed by atoms with Gasteiger partial charge in [-0.05, 0) is 61.6 Å². The lowest BCUT2D eigenvalue weighted by Gasteiger charge is -2.29. The van der Waals surface area contributed by atoms with Crippen molar-refractivity contribution in [3.63, 3.8) is 0 Å². The molecule has 28 heavy (non-hydrogen) atoms. The molecule has 0 unspecified atom stereocenters. The predicted octanol–water partition coefficient (Wildman–Crippen LogP) is 2.75. The summed E-state index contributed by atoms with van der Waals surface area (Å²) >= 11 is 0. The molecule has 1 aromatic heterocycles. The van der Waals surface area contributed by atoms with Gasteiger partial charge < -0.3 is 20.5 Å². The molecule has 1 amide bonds. The molecule has 0 atom stereocenters. The van der Waals surface area contributed by atoms with E-state index in [-0.39, 0.29) is 29.8 Å². The van der Waals surface area contributed by atoms with E-state index in [1.165, 1.54) is 24.7 Å². The standard InChI is InChI=1S/C21H26N4O3/c22-19-18-20(24-13-23-19)28-12-10-25(21(18)27)17-7-5-16(6-8-17)15-3-1-14(2-4-15)9-11-26/h5-8,13-15,26H,1-4,9-12H2,(H2,22,23,24). The maximum Gasteiger partial charge on any atom is 0.267 e. The van der Waals surface area contributed by atoms with Crippen LogP contribution in [0.2, 0.25) is 0 Å². The van der Waals surface area contributed by atoms with Crippen molar-refractivity contribution in [2.24, 2.45) is 5.92 Å². The molecule has 148 valence electrons. The first-order chi connectivity index (χ1) is 13.7. The van der Waals surface area contributed by atoms with Gasteiger partial charge in [-0.1, -0.05) is 12.1 Å². The van der Waals surface area contributed by atoms with Crippen LogP contribution in [-0.2, 0) is 0 Å². The molecule has 7 nitrogen and oxygen atoms in total. The zero-order chi connectivity index (χ0) is 19.5. The largest absolute Gasteiger partial charge is 0.475 e. The van der Waals surface area contributed by atoms with Crippen LogP contribution in [0, 0.1) is 5.92 Å². The number of anilines is 2. The van der Waals surface area contributed by atoms with E-state index in [9.17, 15) is 4.79 Å². The maximum absolute atomic E-state index is 13.0. The smallest absolute Gasteiger partial charge is 0.267 e. The summed E-state index contributed by atoms with van der Waals surface area (Å²) in [6.07, 6.45) is 6.87. The molecule has 0 spiro atoms. The van der Waals surface area contributed by atoms with Crippen LogP contribution in [0.4, 0.5) is 11.5 Å². The number of nitrogens with two attached hydrogens (primary N) is 1. The van der Waals surface area contributed by atoms with Crippen LogP contribution < -0.4 is 15.4 Å². The number of carbonyl (C=O) groups is 1. The summed E-state index contributed by atoms with van der Waals surface area (Å²) in [5, 5.41) is 9.12. The third kappa shape index (κ3) is 3.67. The number of aliphatic hydroxyl groups excluding tert-OH is 1. The molecule has 1 aliphatic heterocycles. The van der Waals surface area contributed by atoms with E-state index in [2.05, 4.69) is 22.1 Å². The van der Waals surface area contributed by atoms with Crippen molar-refractivity contribution in [3.05, 3.63) is 41.7 Å². The maximum atomic E-state index is 13.0. The first-order valence-electron chi connectivity index (χ1n) is 9.93. The van der Waals surface area contributed by atoms with Gasteiger partial charge in [0.1, 0.15) is 24.3 Å². The van der Waals surface area contributed by atoms with Crippen LogP contribution in [0.5, 0.6) is 5.88 Å². The van der Waals surface area contributed by atoms with Crippen LogP contribution in [0.15, 0.2) is 30.6 Å². The summed E-state index contributed by atoms with van der Waals surface area (Å²) in [4.78, 5) is 22.6. The van der Waals surface area contributed by atoms with Gasteiger partial charge in [0.05, 0.1) is 6.54 Å². The van der Waals surface area contributed by atoms with Crippen molar-refractivity contribution in [2.45, 2.75) is 38.0 Å². The Morgan fingerprint density at radius 1 is 1.14 bits per heavy atom. The summed E-state index contributed by atoms with van der Waals surface area (Å²) in [7, 11) is 0. The van der Waals surface area contributed by atoms with Crippen molar-refractivity contribution in [3.8, 4) is 5.88 Å². The fraction of sp³-hybridized carbons (Fsp3) is 0.476. The Hall–Kier alpha value is -2.67. The Morgan fingerprint density at radius 3 is 2.61 bits per heavy atom. The lowest BCUT2D eigenvalue weighted by atomic mass is 9.77. The third-order valence-electron chi connectivity index (χ3n) is 5.91. The highest BCUT2D eigenvalue weighted by Gasteiger charge is 2.29. The van der Waals surface area contributed by atoms with Gasteiger partial charge in [0.2, 0.25) is 5.88 Å². The van der Waals surface area contributed by atoms with Crippen LogP contribution >= 0.6 is 0 Å². The van der Waals surface area contributed by atoms with Gasteiger partial charge in [0.15, 0.2) is 0 Å². The molecule has 3 N–H and O–H groups in total. The van der Waals surface area contributed by atoms with Gasteiger partial charge in [0, 0.05) is 12.3 Å². The van der Waals surface area contributed by atoms with E-state index in [0.717, 1.165) is 24.9 Å². The molecular weight excluding hydrogens is 356 g/mol. The van der Waals surface area contributed by atoms with Gasteiger partial charge in [0.25, 0.3) is 5.91 Å². The quantitative estimate of drug-likeness (QED) is 0.843. The number of ether oxygens (including phenoxy) is 1. The number of carbonyl (C=O) groups excluding carboxylic acids is 1. The van der Waals surface area contributed by atoms with Crippen LogP contribution in [0.25, 0.3) is 0 Å². The SMILES string of the molecule is Nc1ncnc2c1C(=O)N(c1ccc(C3CCC(CCO)CC3)cc1)CCO2. The van der Waals surface area contributed by atoms with Crippen molar-refractivity contribution in [1.82, 2.24) is 9.97 Å². The van der Waals surface area contributed by atoms with Crippen molar-refractivity contribution >= 4 is 17.4 Å². The summed E-state index contributed by atoms with van der Waals surface area (Å²) in [6.45, 7) is 1.07. The van der Waals surface area contributed by atoms with E-state index in [4.69, 9.17) is 15.6 Å². The summed E-state index contributed by atoms with van der Waals surface area (Å²) in [5.41, 5.74) is 8.26. The monoisotopic (exact) mass is 382 g/mol. The second-order valence-corrected chi connectivity index (χ2v) is 7.57. The lowest BCUT2D eigenvalue weighted by molar-refractivity contribution is 0.0990. The third-order valence-corrected chi connectivity index (χ3v) is 5.91. The van der Waals surface area contributed by atoms with Crippen molar-refractivity contribution in [2.75, 3.05) is 30.4 Å². The Bertz CT molecular complexity index is 832. The average Bonchev–Trinajstić information content (AvgIpc) is 2.89. The Labute approximate surface area is 164 Å². The minimum Gasteiger partial charge on any atom is -0.475 e. The number of nitrogens with zero attached hydrogens (tertiary/aromatic N) is 3. The zero-order valence-corrected chi connectivity index (χ0v) is 15.9. The number of aliphatic hydroxyl groups is 1. The van der Waals surface area contributed by atoms with E-state index in [1.807, 2.05) is 12.1 Å². The van der Waals surface area contributed by atoms with E-state index < -0.39 is 0 Å². The molecule has 0 bridgehead atoms. The number of benzene rings is 1. The number of aromatic nitrogens is 2. The summed E-state index contributed by atoms with van der Waals surface area (Å²) < 4.78 is 5.59. The highest BCUT2D eigenvalue weighted by atomic mass is 16.5. The van der Waals surface area contributed by atoms with Crippen molar-refractivity contribution < 1.29 is 14.6 Å². The van der Waals surface area contributed by atoms with E-state index in [1.54, 1.807) is 4.90 Å². The molecule has 7 heteroatoms. The number of fused-ring (bicyclic) bond motifs is 1.